The van der Waals surface area contributed by atoms with Crippen LogP contribution in [0.2, 0.25) is 0 Å². The van der Waals surface area contributed by atoms with E-state index >= 15 is 0 Å². The highest BCUT2D eigenvalue weighted by Crippen LogP contribution is 2.07. The maximum absolute atomic E-state index is 5.36. The Labute approximate surface area is 102 Å². The number of hydrogen-bond donors (Lipinski definition) is 2. The van der Waals surface area contributed by atoms with Gasteiger partial charge in [0, 0.05) is 0 Å². The van der Waals surface area contributed by atoms with Gasteiger partial charge in [0.1, 0.15) is 0 Å². The molecule has 0 amide bonds. The summed E-state index contributed by atoms with van der Waals surface area (Å²) in [6, 6.07) is 10.1. The van der Waals surface area contributed by atoms with E-state index in [0.717, 1.165) is 30.5 Å². The van der Waals surface area contributed by atoms with Crippen molar-refractivity contribution in [3.05, 3.63) is 35.9 Å². The number of hydrazone groups is 1. The summed E-state index contributed by atoms with van der Waals surface area (Å²) in [5.74, 6) is 0. The first kappa shape index (κ1) is 12.6. The number of nitrogens with two attached hydrogens (primary N) is 1. The molecule has 1 aromatic rings. The Morgan fingerprint density at radius 1 is 1.38 bits per heavy atom. The van der Waals surface area contributed by atoms with Crippen LogP contribution in [0.5, 0.6) is 0 Å². The smallest absolute Gasteiger partial charge is 0.184 e. The van der Waals surface area contributed by atoms with Gasteiger partial charge in [-0.25, -0.2) is 0 Å². The standard InChI is InChI=1S/C12H17N3S/c1-2-3-9-11(14-15-12(13)16)10-7-5-4-6-8-10/h4-8H,2-3,9H2,1H3,(H3,13,15,16)/b14-11-. The summed E-state index contributed by atoms with van der Waals surface area (Å²) in [5.41, 5.74) is 10.1. The molecule has 1 rings (SSSR count). The van der Waals surface area contributed by atoms with E-state index in [9.17, 15) is 0 Å². The fraction of sp³-hybridized carbons (Fsp3) is 0.333. The van der Waals surface area contributed by atoms with Crippen LogP contribution in [0.4, 0.5) is 0 Å². The van der Waals surface area contributed by atoms with Crippen molar-refractivity contribution in [2.45, 2.75) is 26.2 Å². The van der Waals surface area contributed by atoms with Gasteiger partial charge in [0.15, 0.2) is 5.11 Å². The van der Waals surface area contributed by atoms with Gasteiger partial charge >= 0.3 is 0 Å². The van der Waals surface area contributed by atoms with Crippen molar-refractivity contribution in [2.24, 2.45) is 10.8 Å². The molecule has 0 aliphatic carbocycles. The number of nitrogens with zero attached hydrogens (tertiary/aromatic N) is 1. The van der Waals surface area contributed by atoms with E-state index in [-0.39, 0.29) is 5.11 Å². The van der Waals surface area contributed by atoms with E-state index < -0.39 is 0 Å². The highest BCUT2D eigenvalue weighted by atomic mass is 32.1. The average Bonchev–Trinajstić information content (AvgIpc) is 2.30. The van der Waals surface area contributed by atoms with Gasteiger partial charge in [-0.05, 0) is 30.6 Å². The molecule has 3 nitrogen and oxygen atoms in total. The third-order valence-electron chi connectivity index (χ3n) is 2.18. The maximum Gasteiger partial charge on any atom is 0.184 e. The molecule has 0 aliphatic rings. The second-order valence-electron chi connectivity index (χ2n) is 3.50. The van der Waals surface area contributed by atoms with Crippen LogP contribution in [0, 0.1) is 0 Å². The van der Waals surface area contributed by atoms with Gasteiger partial charge in [-0.15, -0.1) is 0 Å². The highest BCUT2D eigenvalue weighted by molar-refractivity contribution is 7.80. The fourth-order valence-electron chi connectivity index (χ4n) is 1.36. The molecule has 0 radical (unpaired) electrons. The lowest BCUT2D eigenvalue weighted by molar-refractivity contribution is 0.828. The first-order chi connectivity index (χ1) is 7.74. The molecule has 0 aliphatic heterocycles. The molecule has 0 unspecified atom stereocenters. The summed E-state index contributed by atoms with van der Waals surface area (Å²) in [4.78, 5) is 0. The Hall–Kier alpha value is -1.42. The van der Waals surface area contributed by atoms with Crippen LogP contribution in [0.1, 0.15) is 31.7 Å². The number of thiocarbonyl (C=S) groups is 1. The first-order valence-corrected chi connectivity index (χ1v) is 5.82. The molecular weight excluding hydrogens is 218 g/mol. The van der Waals surface area contributed by atoms with Crippen molar-refractivity contribution in [3.63, 3.8) is 0 Å². The van der Waals surface area contributed by atoms with Crippen molar-refractivity contribution < 1.29 is 0 Å². The fourth-order valence-corrected chi connectivity index (χ4v) is 1.41. The van der Waals surface area contributed by atoms with Crippen LogP contribution >= 0.6 is 12.2 Å². The molecule has 0 atom stereocenters. The van der Waals surface area contributed by atoms with E-state index in [0.29, 0.717) is 0 Å². The Balaban J connectivity index is 2.78. The molecule has 86 valence electrons. The minimum atomic E-state index is 0.199. The molecular formula is C12H17N3S. The number of nitrogens with one attached hydrogen (secondary N) is 1. The van der Waals surface area contributed by atoms with E-state index in [1.54, 1.807) is 0 Å². The Morgan fingerprint density at radius 3 is 2.62 bits per heavy atom. The number of rotatable bonds is 5. The highest BCUT2D eigenvalue weighted by Gasteiger charge is 2.02. The number of benzene rings is 1. The van der Waals surface area contributed by atoms with Crippen molar-refractivity contribution in [3.8, 4) is 0 Å². The predicted octanol–water partition coefficient (Wildman–Crippen LogP) is 2.41. The molecule has 0 aromatic heterocycles. The topological polar surface area (TPSA) is 50.4 Å². The van der Waals surface area contributed by atoms with Crippen LogP contribution < -0.4 is 11.2 Å². The Kier molecular flexibility index (Phi) is 5.50. The van der Waals surface area contributed by atoms with Gasteiger partial charge in [0.2, 0.25) is 0 Å². The minimum Gasteiger partial charge on any atom is -0.375 e. The average molecular weight is 235 g/mol. The van der Waals surface area contributed by atoms with Crippen LogP contribution in [-0.4, -0.2) is 10.8 Å². The number of hydrogen-bond acceptors (Lipinski definition) is 2. The van der Waals surface area contributed by atoms with Crippen LogP contribution in [-0.2, 0) is 0 Å². The third kappa shape index (κ3) is 4.40. The monoisotopic (exact) mass is 235 g/mol. The van der Waals surface area contributed by atoms with E-state index in [4.69, 9.17) is 18.0 Å². The molecule has 0 spiro atoms. The summed E-state index contributed by atoms with van der Waals surface area (Å²) >= 11 is 4.74. The molecule has 1 aromatic carbocycles. The lowest BCUT2D eigenvalue weighted by atomic mass is 10.1. The first-order valence-electron chi connectivity index (χ1n) is 5.41. The van der Waals surface area contributed by atoms with Gasteiger partial charge < -0.3 is 5.73 Å². The second-order valence-corrected chi connectivity index (χ2v) is 3.94. The quantitative estimate of drug-likeness (QED) is 0.468. The third-order valence-corrected chi connectivity index (χ3v) is 2.27. The molecule has 0 heterocycles. The summed E-state index contributed by atoms with van der Waals surface area (Å²) in [6.07, 6.45) is 3.17. The van der Waals surface area contributed by atoms with E-state index in [2.05, 4.69) is 17.5 Å². The summed E-state index contributed by atoms with van der Waals surface area (Å²) in [5, 5.41) is 4.43. The molecule has 16 heavy (non-hydrogen) atoms. The van der Waals surface area contributed by atoms with Crippen molar-refractivity contribution in [1.29, 1.82) is 0 Å². The zero-order valence-electron chi connectivity index (χ0n) is 9.44. The predicted molar refractivity (Wildman–Crippen MR) is 72.4 cm³/mol. The van der Waals surface area contributed by atoms with Crippen LogP contribution in [0.3, 0.4) is 0 Å². The largest absolute Gasteiger partial charge is 0.375 e. The minimum absolute atomic E-state index is 0.199. The molecule has 3 N–H and O–H groups in total. The molecule has 0 saturated carbocycles. The molecule has 0 bridgehead atoms. The number of unbranched alkanes of at least 4 members (excludes halogenated alkanes) is 1. The zero-order chi connectivity index (χ0) is 11.8. The summed E-state index contributed by atoms with van der Waals surface area (Å²) < 4.78 is 0. The SMILES string of the molecule is CCCC/C(=N/NC(N)=S)c1ccccc1. The van der Waals surface area contributed by atoms with Crippen LogP contribution in [0.25, 0.3) is 0 Å². The summed E-state index contributed by atoms with van der Waals surface area (Å²) in [7, 11) is 0. The van der Waals surface area contributed by atoms with Crippen molar-refractivity contribution in [1.82, 2.24) is 5.43 Å². The molecule has 0 fully saturated rings. The van der Waals surface area contributed by atoms with E-state index in [1.807, 2.05) is 30.3 Å². The van der Waals surface area contributed by atoms with Crippen molar-refractivity contribution in [2.75, 3.05) is 0 Å². The van der Waals surface area contributed by atoms with Crippen molar-refractivity contribution >= 4 is 23.0 Å². The van der Waals surface area contributed by atoms with Gasteiger partial charge in [-0.3, -0.25) is 5.43 Å². The Bertz CT molecular complexity index is 360. The lowest BCUT2D eigenvalue weighted by Gasteiger charge is -2.06. The lowest BCUT2D eigenvalue weighted by Crippen LogP contribution is -2.25. The van der Waals surface area contributed by atoms with Gasteiger partial charge in [-0.2, -0.15) is 5.10 Å². The molecule has 0 saturated heterocycles. The second kappa shape index (κ2) is 6.95. The van der Waals surface area contributed by atoms with Gasteiger partial charge in [0.25, 0.3) is 0 Å². The van der Waals surface area contributed by atoms with E-state index in [1.165, 1.54) is 0 Å². The Morgan fingerprint density at radius 2 is 2.06 bits per heavy atom. The maximum atomic E-state index is 5.36. The summed E-state index contributed by atoms with van der Waals surface area (Å²) in [6.45, 7) is 2.16. The van der Waals surface area contributed by atoms with Gasteiger partial charge in [-0.1, -0.05) is 43.7 Å². The zero-order valence-corrected chi connectivity index (χ0v) is 10.3. The normalized spacial score (nSPS) is 11.2. The van der Waals surface area contributed by atoms with Crippen LogP contribution in [0.15, 0.2) is 35.4 Å². The molecule has 4 heteroatoms. The van der Waals surface area contributed by atoms with Gasteiger partial charge in [0.05, 0.1) is 5.71 Å².